The lowest BCUT2D eigenvalue weighted by molar-refractivity contribution is 0.100. The van der Waals surface area contributed by atoms with E-state index in [4.69, 9.17) is 10.7 Å². The summed E-state index contributed by atoms with van der Waals surface area (Å²) in [7, 11) is 0. The highest BCUT2D eigenvalue weighted by molar-refractivity contribution is 7.17. The zero-order chi connectivity index (χ0) is 23.8. The van der Waals surface area contributed by atoms with Crippen LogP contribution < -0.4 is 11.1 Å². The molecule has 0 saturated carbocycles. The van der Waals surface area contributed by atoms with Crippen molar-refractivity contribution in [3.05, 3.63) is 81.7 Å². The van der Waals surface area contributed by atoms with Crippen molar-refractivity contribution in [2.24, 2.45) is 5.73 Å². The van der Waals surface area contributed by atoms with Crippen LogP contribution in [-0.2, 0) is 12.8 Å². The highest BCUT2D eigenvalue weighted by Gasteiger charge is 2.26. The van der Waals surface area contributed by atoms with E-state index in [1.807, 2.05) is 42.5 Å². The Hall–Kier alpha value is -3.51. The zero-order valence-electron chi connectivity index (χ0n) is 19.4. The molecule has 0 fully saturated rings. The second-order valence-corrected chi connectivity index (χ2v) is 10.2. The maximum absolute atomic E-state index is 13.6. The second kappa shape index (κ2) is 9.03. The second-order valence-electron chi connectivity index (χ2n) is 9.08. The van der Waals surface area contributed by atoms with Crippen molar-refractivity contribution in [1.82, 2.24) is 4.98 Å². The van der Waals surface area contributed by atoms with E-state index in [9.17, 15) is 9.59 Å². The maximum Gasteiger partial charge on any atom is 0.257 e. The summed E-state index contributed by atoms with van der Waals surface area (Å²) in [5.74, 6) is -0.309. The van der Waals surface area contributed by atoms with E-state index in [0.717, 1.165) is 58.3 Å². The van der Waals surface area contributed by atoms with Gasteiger partial charge in [0.1, 0.15) is 5.00 Å². The summed E-state index contributed by atoms with van der Waals surface area (Å²) in [5, 5.41) is 4.33. The number of nitrogens with two attached hydrogens (primary N) is 1. The van der Waals surface area contributed by atoms with Gasteiger partial charge >= 0.3 is 0 Å². The van der Waals surface area contributed by atoms with E-state index in [1.165, 1.54) is 16.9 Å². The van der Waals surface area contributed by atoms with Crippen molar-refractivity contribution in [3.8, 4) is 11.3 Å². The molecule has 2 aromatic heterocycles. The summed E-state index contributed by atoms with van der Waals surface area (Å²) >= 11 is 1.48. The van der Waals surface area contributed by atoms with E-state index >= 15 is 0 Å². The van der Waals surface area contributed by atoms with Crippen LogP contribution in [0.5, 0.6) is 0 Å². The van der Waals surface area contributed by atoms with Crippen LogP contribution in [0.4, 0.5) is 5.00 Å². The number of anilines is 1. The number of aromatic nitrogens is 1. The Morgan fingerprint density at radius 2 is 1.76 bits per heavy atom. The number of fused-ring (bicyclic) bond motifs is 2. The third kappa shape index (κ3) is 4.10. The van der Waals surface area contributed by atoms with Crippen molar-refractivity contribution in [3.63, 3.8) is 0 Å². The van der Waals surface area contributed by atoms with Gasteiger partial charge in [0.05, 0.1) is 22.3 Å². The van der Waals surface area contributed by atoms with E-state index in [0.29, 0.717) is 22.0 Å². The summed E-state index contributed by atoms with van der Waals surface area (Å²) in [4.78, 5) is 31.8. The molecule has 6 heteroatoms. The Morgan fingerprint density at radius 1 is 1.03 bits per heavy atom. The monoisotopic (exact) mass is 469 g/mol. The summed E-state index contributed by atoms with van der Waals surface area (Å²) in [6, 6.07) is 17.8. The smallest absolute Gasteiger partial charge is 0.257 e. The molecule has 0 bridgehead atoms. The minimum absolute atomic E-state index is 0.264. The van der Waals surface area contributed by atoms with E-state index in [2.05, 4.69) is 31.3 Å². The molecule has 0 atom stereocenters. The van der Waals surface area contributed by atoms with Gasteiger partial charge in [-0.2, -0.15) is 0 Å². The quantitative estimate of drug-likeness (QED) is 0.359. The average molecular weight is 470 g/mol. The minimum Gasteiger partial charge on any atom is -0.365 e. The van der Waals surface area contributed by atoms with Gasteiger partial charge in [0.25, 0.3) is 11.8 Å². The first-order valence-corrected chi connectivity index (χ1v) is 12.5. The van der Waals surface area contributed by atoms with Crippen molar-refractivity contribution < 1.29 is 9.59 Å². The van der Waals surface area contributed by atoms with Gasteiger partial charge in [0.2, 0.25) is 0 Å². The fraction of sp³-hybridized carbons (Fsp3) is 0.250. The van der Waals surface area contributed by atoms with Crippen LogP contribution in [0, 0.1) is 0 Å². The first kappa shape index (κ1) is 22.3. The van der Waals surface area contributed by atoms with E-state index in [-0.39, 0.29) is 5.91 Å². The van der Waals surface area contributed by atoms with Crippen LogP contribution in [-0.4, -0.2) is 16.8 Å². The van der Waals surface area contributed by atoms with Crippen molar-refractivity contribution in [2.75, 3.05) is 5.32 Å². The Labute approximate surface area is 203 Å². The number of nitrogens with one attached hydrogen (secondary N) is 1. The number of primary amides is 1. The van der Waals surface area contributed by atoms with Gasteiger partial charge in [-0.25, -0.2) is 4.98 Å². The normalized spacial score (nSPS) is 13.1. The fourth-order valence-corrected chi connectivity index (χ4v) is 5.92. The van der Waals surface area contributed by atoms with Crippen LogP contribution in [0.3, 0.4) is 0 Å². The van der Waals surface area contributed by atoms with Crippen LogP contribution in [0.2, 0.25) is 0 Å². The number of carbonyl (C=O) groups excluding carboxylic acids is 2. The number of hydrogen-bond donors (Lipinski definition) is 2. The lowest BCUT2D eigenvalue weighted by Crippen LogP contribution is -2.19. The number of thiophene rings is 1. The number of benzene rings is 2. The van der Waals surface area contributed by atoms with Crippen molar-refractivity contribution in [2.45, 2.75) is 45.4 Å². The van der Waals surface area contributed by atoms with Crippen LogP contribution in [0.1, 0.15) is 69.3 Å². The number of hydrogen-bond acceptors (Lipinski definition) is 4. The first-order valence-electron chi connectivity index (χ1n) is 11.7. The molecule has 172 valence electrons. The summed E-state index contributed by atoms with van der Waals surface area (Å²) < 4.78 is 0. The average Bonchev–Trinajstić information content (AvgIpc) is 3.21. The molecular formula is C28H27N3O2S. The highest BCUT2D eigenvalue weighted by Crippen LogP contribution is 2.38. The lowest BCUT2D eigenvalue weighted by atomic mass is 9.95. The molecule has 3 N–H and O–H groups in total. The molecule has 0 aliphatic heterocycles. The van der Waals surface area contributed by atoms with Crippen LogP contribution in [0.25, 0.3) is 22.2 Å². The summed E-state index contributed by atoms with van der Waals surface area (Å²) in [6.45, 7) is 4.32. The third-order valence-electron chi connectivity index (χ3n) is 6.48. The largest absolute Gasteiger partial charge is 0.365 e. The number of para-hydroxylation sites is 1. The Kier molecular flexibility index (Phi) is 5.92. The van der Waals surface area contributed by atoms with Gasteiger partial charge in [-0.15, -0.1) is 11.3 Å². The molecule has 0 radical (unpaired) electrons. The standard InChI is InChI=1S/C28H27N3O2S/c1-16(2)17-11-13-18(14-12-17)23-15-21(19-7-3-5-9-22(19)30-23)27(33)31-28-25(26(29)32)20-8-4-6-10-24(20)34-28/h3,5,7,9,11-16H,4,6,8,10H2,1-2H3,(H2,29,32)(H,31,33). The predicted octanol–water partition coefficient (Wildman–Crippen LogP) is 6.32. The summed E-state index contributed by atoms with van der Waals surface area (Å²) in [5.41, 5.74) is 11.4. The zero-order valence-corrected chi connectivity index (χ0v) is 20.2. The molecule has 5 nitrogen and oxygen atoms in total. The fourth-order valence-electron chi connectivity index (χ4n) is 4.63. The molecule has 1 aliphatic rings. The first-order chi connectivity index (χ1) is 16.4. The third-order valence-corrected chi connectivity index (χ3v) is 7.69. The molecule has 34 heavy (non-hydrogen) atoms. The van der Waals surface area contributed by atoms with Crippen molar-refractivity contribution >= 4 is 39.1 Å². The minimum atomic E-state index is -0.486. The Bertz CT molecular complexity index is 1400. The number of amides is 2. The molecule has 2 heterocycles. The molecule has 4 aromatic rings. The van der Waals surface area contributed by atoms with Crippen LogP contribution >= 0.6 is 11.3 Å². The topological polar surface area (TPSA) is 85.1 Å². The van der Waals surface area contributed by atoms with Gasteiger partial charge in [-0.05, 0) is 54.9 Å². The molecule has 0 saturated heterocycles. The summed E-state index contributed by atoms with van der Waals surface area (Å²) in [6.07, 6.45) is 3.87. The highest BCUT2D eigenvalue weighted by atomic mass is 32.1. The lowest BCUT2D eigenvalue weighted by Gasteiger charge is -2.12. The van der Waals surface area contributed by atoms with Gasteiger partial charge in [0.15, 0.2) is 0 Å². The number of aryl methyl sites for hydroxylation is 1. The van der Waals surface area contributed by atoms with Crippen molar-refractivity contribution in [1.29, 1.82) is 0 Å². The number of rotatable bonds is 5. The molecule has 2 amide bonds. The number of pyridine rings is 1. The molecule has 2 aromatic carbocycles. The molecule has 5 rings (SSSR count). The number of nitrogens with zero attached hydrogens (tertiary/aromatic N) is 1. The maximum atomic E-state index is 13.6. The van der Waals surface area contributed by atoms with Crippen LogP contribution in [0.15, 0.2) is 54.6 Å². The van der Waals surface area contributed by atoms with Gasteiger partial charge < -0.3 is 11.1 Å². The Morgan fingerprint density at radius 3 is 2.50 bits per heavy atom. The van der Waals surface area contributed by atoms with E-state index in [1.54, 1.807) is 0 Å². The molecule has 0 unspecified atom stereocenters. The predicted molar refractivity (Wildman–Crippen MR) is 139 cm³/mol. The number of carbonyl (C=O) groups is 2. The van der Waals surface area contributed by atoms with Gasteiger partial charge in [-0.3, -0.25) is 9.59 Å². The van der Waals surface area contributed by atoms with Gasteiger partial charge in [0, 0.05) is 15.8 Å². The van der Waals surface area contributed by atoms with E-state index < -0.39 is 5.91 Å². The molecule has 1 aliphatic carbocycles. The molecular weight excluding hydrogens is 442 g/mol. The SMILES string of the molecule is CC(C)c1ccc(-c2cc(C(=O)Nc3sc4c(c3C(N)=O)CCCC4)c3ccccc3n2)cc1. The Balaban J connectivity index is 1.56. The molecule has 0 spiro atoms. The van der Waals surface area contributed by atoms with Gasteiger partial charge in [-0.1, -0.05) is 56.3 Å².